The van der Waals surface area contributed by atoms with Crippen molar-refractivity contribution < 1.29 is 9.90 Å². The maximum absolute atomic E-state index is 11.8. The van der Waals surface area contributed by atoms with E-state index in [1.807, 2.05) is 0 Å². The van der Waals surface area contributed by atoms with Crippen molar-refractivity contribution in [1.29, 1.82) is 0 Å². The number of unbranched alkanes of at least 4 members (excludes halogenated alkanes) is 3. The van der Waals surface area contributed by atoms with Crippen LogP contribution in [-0.4, -0.2) is 23.6 Å². The summed E-state index contributed by atoms with van der Waals surface area (Å²) < 4.78 is 0. The second-order valence-electron chi connectivity index (χ2n) is 4.83. The fourth-order valence-electron chi connectivity index (χ4n) is 1.87. The van der Waals surface area contributed by atoms with Gasteiger partial charge in [-0.15, -0.1) is 0 Å². The number of phenols is 1. The number of nitrogens with one attached hydrogen (secondary N) is 1. The highest BCUT2D eigenvalue weighted by Crippen LogP contribution is 2.10. The lowest BCUT2D eigenvalue weighted by Crippen LogP contribution is -2.42. The summed E-state index contributed by atoms with van der Waals surface area (Å²) in [4.78, 5) is 11.8. The van der Waals surface area contributed by atoms with Crippen molar-refractivity contribution in [2.45, 2.75) is 45.1 Å². The van der Waals surface area contributed by atoms with E-state index in [1.165, 1.54) is 12.8 Å². The number of benzene rings is 1. The maximum Gasteiger partial charge on any atom is 0.237 e. The predicted octanol–water partition coefficient (Wildman–Crippen LogP) is 1.96. The second kappa shape index (κ2) is 8.53. The number of hydrogen-bond acceptors (Lipinski definition) is 3. The fraction of sp³-hybridized carbons (Fsp3) is 0.533. The van der Waals surface area contributed by atoms with Crippen LogP contribution in [0.4, 0.5) is 0 Å². The molecule has 0 aliphatic carbocycles. The molecule has 0 aliphatic heterocycles. The lowest BCUT2D eigenvalue weighted by Gasteiger charge is -2.12. The van der Waals surface area contributed by atoms with Crippen LogP contribution in [0.5, 0.6) is 5.75 Å². The Bertz CT molecular complexity index is 376. The molecular weight excluding hydrogens is 240 g/mol. The van der Waals surface area contributed by atoms with Gasteiger partial charge in [0.15, 0.2) is 0 Å². The fourth-order valence-corrected chi connectivity index (χ4v) is 1.87. The Balaban J connectivity index is 2.26. The van der Waals surface area contributed by atoms with Crippen molar-refractivity contribution in [3.05, 3.63) is 29.8 Å². The first-order valence-corrected chi connectivity index (χ1v) is 6.94. The molecule has 1 aromatic rings. The zero-order valence-electron chi connectivity index (χ0n) is 11.6. The summed E-state index contributed by atoms with van der Waals surface area (Å²) in [6.07, 6.45) is 5.03. The lowest BCUT2D eigenvalue weighted by molar-refractivity contribution is -0.122. The predicted molar refractivity (Wildman–Crippen MR) is 76.9 cm³/mol. The first-order chi connectivity index (χ1) is 9.13. The summed E-state index contributed by atoms with van der Waals surface area (Å²) in [5, 5.41) is 12.0. The number of aromatic hydroxyl groups is 1. The van der Waals surface area contributed by atoms with Crippen LogP contribution < -0.4 is 11.1 Å². The first kappa shape index (κ1) is 15.5. The molecule has 0 aromatic heterocycles. The number of amides is 1. The van der Waals surface area contributed by atoms with E-state index in [-0.39, 0.29) is 11.7 Å². The molecule has 1 amide bonds. The summed E-state index contributed by atoms with van der Waals surface area (Å²) in [6.45, 7) is 2.86. The molecule has 0 fully saturated rings. The van der Waals surface area contributed by atoms with Crippen molar-refractivity contribution in [1.82, 2.24) is 5.32 Å². The molecule has 106 valence electrons. The molecule has 1 atom stereocenters. The summed E-state index contributed by atoms with van der Waals surface area (Å²) in [5.41, 5.74) is 6.80. The Morgan fingerprint density at radius 1 is 1.26 bits per heavy atom. The summed E-state index contributed by atoms with van der Waals surface area (Å²) >= 11 is 0. The van der Waals surface area contributed by atoms with Gasteiger partial charge in [0.2, 0.25) is 5.91 Å². The lowest BCUT2D eigenvalue weighted by atomic mass is 10.1. The summed E-state index contributed by atoms with van der Waals surface area (Å²) in [7, 11) is 0. The second-order valence-corrected chi connectivity index (χ2v) is 4.83. The third kappa shape index (κ3) is 6.25. The van der Waals surface area contributed by atoms with Crippen LogP contribution in [0, 0.1) is 0 Å². The van der Waals surface area contributed by atoms with Gasteiger partial charge in [0.1, 0.15) is 5.75 Å². The minimum Gasteiger partial charge on any atom is -0.508 e. The molecule has 1 unspecified atom stereocenters. The van der Waals surface area contributed by atoms with E-state index in [1.54, 1.807) is 24.3 Å². The smallest absolute Gasteiger partial charge is 0.237 e. The van der Waals surface area contributed by atoms with Crippen molar-refractivity contribution in [2.75, 3.05) is 6.54 Å². The van der Waals surface area contributed by atoms with Gasteiger partial charge in [-0.1, -0.05) is 38.3 Å². The first-order valence-electron chi connectivity index (χ1n) is 6.94. The van der Waals surface area contributed by atoms with Gasteiger partial charge in [0, 0.05) is 6.54 Å². The largest absolute Gasteiger partial charge is 0.508 e. The molecule has 0 saturated carbocycles. The molecule has 4 N–H and O–H groups in total. The highest BCUT2D eigenvalue weighted by molar-refractivity contribution is 5.81. The van der Waals surface area contributed by atoms with E-state index in [9.17, 15) is 9.90 Å². The molecule has 1 aromatic carbocycles. The highest BCUT2D eigenvalue weighted by atomic mass is 16.3. The zero-order chi connectivity index (χ0) is 14.1. The van der Waals surface area contributed by atoms with Gasteiger partial charge >= 0.3 is 0 Å². The third-order valence-corrected chi connectivity index (χ3v) is 3.06. The van der Waals surface area contributed by atoms with Crippen molar-refractivity contribution >= 4 is 5.91 Å². The van der Waals surface area contributed by atoms with E-state index in [2.05, 4.69) is 12.2 Å². The highest BCUT2D eigenvalue weighted by Gasteiger charge is 2.13. The van der Waals surface area contributed by atoms with Gasteiger partial charge < -0.3 is 16.2 Å². The van der Waals surface area contributed by atoms with E-state index < -0.39 is 6.04 Å². The SMILES string of the molecule is CCCCCCNC(=O)C(N)Cc1ccc(O)cc1. The van der Waals surface area contributed by atoms with Crippen LogP contribution in [0.2, 0.25) is 0 Å². The van der Waals surface area contributed by atoms with Gasteiger partial charge in [-0.05, 0) is 30.5 Å². The van der Waals surface area contributed by atoms with Crippen LogP contribution >= 0.6 is 0 Å². The average Bonchev–Trinajstić information content (AvgIpc) is 2.41. The topological polar surface area (TPSA) is 75.4 Å². The zero-order valence-corrected chi connectivity index (χ0v) is 11.6. The van der Waals surface area contributed by atoms with E-state index in [0.717, 1.165) is 18.4 Å². The number of rotatable bonds is 8. The molecule has 0 spiro atoms. The maximum atomic E-state index is 11.8. The van der Waals surface area contributed by atoms with Crippen molar-refractivity contribution in [2.24, 2.45) is 5.73 Å². The number of carbonyl (C=O) groups is 1. The molecule has 4 nitrogen and oxygen atoms in total. The Labute approximate surface area is 115 Å². The molecule has 1 rings (SSSR count). The van der Waals surface area contributed by atoms with Gasteiger partial charge in [0.25, 0.3) is 0 Å². The van der Waals surface area contributed by atoms with Gasteiger partial charge in [-0.3, -0.25) is 4.79 Å². The number of phenolic OH excluding ortho intramolecular Hbond substituents is 1. The van der Waals surface area contributed by atoms with E-state index in [4.69, 9.17) is 5.73 Å². The van der Waals surface area contributed by atoms with Gasteiger partial charge in [-0.2, -0.15) is 0 Å². The Morgan fingerprint density at radius 2 is 1.95 bits per heavy atom. The number of hydrogen-bond donors (Lipinski definition) is 3. The van der Waals surface area contributed by atoms with Gasteiger partial charge in [0.05, 0.1) is 6.04 Å². The molecular formula is C15H24N2O2. The summed E-state index contributed by atoms with van der Waals surface area (Å²) in [6, 6.07) is 6.23. The molecule has 0 bridgehead atoms. The van der Waals surface area contributed by atoms with Crippen LogP contribution in [0.3, 0.4) is 0 Å². The standard InChI is InChI=1S/C15H24N2O2/c1-2-3-4-5-10-17-15(19)14(16)11-12-6-8-13(18)9-7-12/h6-9,14,18H,2-5,10-11,16H2,1H3,(H,17,19). The van der Waals surface area contributed by atoms with Crippen LogP contribution in [-0.2, 0) is 11.2 Å². The monoisotopic (exact) mass is 264 g/mol. The number of nitrogens with two attached hydrogens (primary N) is 1. The van der Waals surface area contributed by atoms with Crippen molar-refractivity contribution in [3.63, 3.8) is 0 Å². The Morgan fingerprint density at radius 3 is 2.58 bits per heavy atom. The third-order valence-electron chi connectivity index (χ3n) is 3.06. The van der Waals surface area contributed by atoms with E-state index in [0.29, 0.717) is 13.0 Å². The number of carbonyl (C=O) groups excluding carboxylic acids is 1. The normalized spacial score (nSPS) is 12.1. The minimum atomic E-state index is -0.532. The molecule has 0 saturated heterocycles. The van der Waals surface area contributed by atoms with Crippen molar-refractivity contribution in [3.8, 4) is 5.75 Å². The summed E-state index contributed by atoms with van der Waals surface area (Å²) in [5.74, 6) is 0.113. The Hall–Kier alpha value is -1.55. The Kier molecular flexibility index (Phi) is 6.97. The molecule has 0 heterocycles. The molecule has 19 heavy (non-hydrogen) atoms. The van der Waals surface area contributed by atoms with E-state index >= 15 is 0 Å². The molecule has 0 aliphatic rings. The molecule has 0 radical (unpaired) electrons. The minimum absolute atomic E-state index is 0.107. The van der Waals surface area contributed by atoms with Crippen LogP contribution in [0.1, 0.15) is 38.2 Å². The average molecular weight is 264 g/mol. The quantitative estimate of drug-likeness (QED) is 0.628. The van der Waals surface area contributed by atoms with Crippen LogP contribution in [0.15, 0.2) is 24.3 Å². The van der Waals surface area contributed by atoms with Crippen LogP contribution in [0.25, 0.3) is 0 Å². The molecule has 4 heteroatoms. The van der Waals surface area contributed by atoms with Gasteiger partial charge in [-0.25, -0.2) is 0 Å².